The highest BCUT2D eigenvalue weighted by molar-refractivity contribution is 5.92. The topological polar surface area (TPSA) is 63.9 Å². The summed E-state index contributed by atoms with van der Waals surface area (Å²) in [6.07, 6.45) is 4.59. The molecule has 0 radical (unpaired) electrons. The van der Waals surface area contributed by atoms with Crippen molar-refractivity contribution in [2.75, 3.05) is 13.1 Å². The average Bonchev–Trinajstić information content (AvgIpc) is 3.17. The van der Waals surface area contributed by atoms with Gasteiger partial charge in [0, 0.05) is 38.0 Å². The van der Waals surface area contributed by atoms with E-state index in [1.54, 1.807) is 4.90 Å². The molecule has 1 fully saturated rings. The van der Waals surface area contributed by atoms with E-state index in [0.29, 0.717) is 19.2 Å². The lowest BCUT2D eigenvalue weighted by molar-refractivity contribution is 0.0692. The van der Waals surface area contributed by atoms with Crippen LogP contribution >= 0.6 is 0 Å². The van der Waals surface area contributed by atoms with Crippen LogP contribution in [0.15, 0.2) is 12.3 Å². The molecule has 0 aromatic carbocycles. The van der Waals surface area contributed by atoms with Crippen molar-refractivity contribution in [2.24, 2.45) is 0 Å². The fourth-order valence-electron chi connectivity index (χ4n) is 3.57. The smallest absolute Gasteiger partial charge is 0.275 e. The Labute approximate surface area is 137 Å². The number of amides is 1. The summed E-state index contributed by atoms with van der Waals surface area (Å²) in [5, 5.41) is 8.51. The van der Waals surface area contributed by atoms with Gasteiger partial charge in [0.1, 0.15) is 17.5 Å². The number of hydrogen-bond donors (Lipinski definition) is 0. The number of fused-ring (bicyclic) bond motifs is 1. The lowest BCUT2D eigenvalue weighted by atomic mass is 9.96. The second kappa shape index (κ2) is 5.92. The maximum absolute atomic E-state index is 13.8. The number of carbonyl (C=O) groups is 1. The minimum Gasteiger partial charge on any atom is -0.336 e. The van der Waals surface area contributed by atoms with Crippen molar-refractivity contribution in [3.63, 3.8) is 0 Å². The molecule has 1 atom stereocenters. The van der Waals surface area contributed by atoms with Gasteiger partial charge in [0.05, 0.1) is 6.20 Å². The Hall–Kier alpha value is -2.38. The van der Waals surface area contributed by atoms with Crippen LogP contribution in [-0.4, -0.2) is 43.6 Å². The predicted molar refractivity (Wildman–Crippen MR) is 80.4 cm³/mol. The van der Waals surface area contributed by atoms with Crippen molar-refractivity contribution in [3.8, 4) is 0 Å². The quantitative estimate of drug-likeness (QED) is 0.842. The van der Waals surface area contributed by atoms with Crippen LogP contribution in [0, 0.1) is 11.6 Å². The maximum atomic E-state index is 13.8. The normalized spacial score (nSPS) is 20.2. The molecule has 8 heteroatoms. The molecule has 0 N–H and O–H groups in total. The Kier molecular flexibility index (Phi) is 3.74. The van der Waals surface area contributed by atoms with E-state index in [9.17, 15) is 13.6 Å². The molecular formula is C16H17F2N5O. The van der Waals surface area contributed by atoms with E-state index in [0.717, 1.165) is 50.1 Å². The number of rotatable bonds is 2. The Balaban J connectivity index is 1.55. The molecule has 0 saturated carbocycles. The van der Waals surface area contributed by atoms with Gasteiger partial charge in [-0.25, -0.2) is 13.8 Å². The van der Waals surface area contributed by atoms with Gasteiger partial charge in [-0.3, -0.25) is 4.79 Å². The SMILES string of the molecule is O=C(c1ncc(F)cc1F)N1CCCC(c2nnc3n2CCC3)C1. The van der Waals surface area contributed by atoms with Crippen molar-refractivity contribution in [2.45, 2.75) is 38.1 Å². The Bertz CT molecular complexity index is 791. The molecule has 0 spiro atoms. The molecule has 2 aromatic heterocycles. The molecular weight excluding hydrogens is 316 g/mol. The minimum absolute atomic E-state index is 0.0885. The largest absolute Gasteiger partial charge is 0.336 e. The van der Waals surface area contributed by atoms with Crippen molar-refractivity contribution in [1.82, 2.24) is 24.6 Å². The summed E-state index contributed by atoms with van der Waals surface area (Å²) in [6.45, 7) is 1.90. The number of piperidine rings is 1. The second-order valence-corrected chi connectivity index (χ2v) is 6.30. The van der Waals surface area contributed by atoms with E-state index < -0.39 is 17.5 Å². The minimum atomic E-state index is -0.925. The molecule has 1 unspecified atom stereocenters. The van der Waals surface area contributed by atoms with Gasteiger partial charge in [0.2, 0.25) is 0 Å². The molecule has 0 bridgehead atoms. The molecule has 2 aliphatic rings. The number of pyridine rings is 1. The zero-order chi connectivity index (χ0) is 16.7. The third kappa shape index (κ3) is 2.55. The van der Waals surface area contributed by atoms with Gasteiger partial charge in [-0.1, -0.05) is 0 Å². The number of aryl methyl sites for hydroxylation is 1. The van der Waals surface area contributed by atoms with Gasteiger partial charge in [-0.2, -0.15) is 0 Å². The number of likely N-dealkylation sites (tertiary alicyclic amines) is 1. The summed E-state index contributed by atoms with van der Waals surface area (Å²) < 4.78 is 28.9. The van der Waals surface area contributed by atoms with Gasteiger partial charge >= 0.3 is 0 Å². The summed E-state index contributed by atoms with van der Waals surface area (Å²) in [5.74, 6) is -0.221. The van der Waals surface area contributed by atoms with E-state index in [4.69, 9.17) is 0 Å². The van der Waals surface area contributed by atoms with Crippen LogP contribution in [0.4, 0.5) is 8.78 Å². The highest BCUT2D eigenvalue weighted by atomic mass is 19.1. The zero-order valence-electron chi connectivity index (χ0n) is 13.1. The first-order valence-corrected chi connectivity index (χ1v) is 8.16. The van der Waals surface area contributed by atoms with E-state index in [-0.39, 0.29) is 11.6 Å². The highest BCUT2D eigenvalue weighted by Crippen LogP contribution is 2.29. The van der Waals surface area contributed by atoms with Crippen LogP contribution in [0.2, 0.25) is 0 Å². The Morgan fingerprint density at radius 1 is 1.21 bits per heavy atom. The molecule has 6 nitrogen and oxygen atoms in total. The summed E-state index contributed by atoms with van der Waals surface area (Å²) in [5.41, 5.74) is -0.330. The maximum Gasteiger partial charge on any atom is 0.275 e. The molecule has 24 heavy (non-hydrogen) atoms. The summed E-state index contributed by atoms with van der Waals surface area (Å²) in [7, 11) is 0. The first-order valence-electron chi connectivity index (χ1n) is 8.16. The fourth-order valence-corrected chi connectivity index (χ4v) is 3.57. The number of halogens is 2. The standard InChI is InChI=1S/C16H17F2N5O/c17-11-7-12(18)14(19-8-11)16(24)22-5-1-3-10(9-22)15-21-20-13-4-2-6-23(13)15/h7-8,10H,1-6,9H2. The van der Waals surface area contributed by atoms with Crippen molar-refractivity contribution >= 4 is 5.91 Å². The number of aromatic nitrogens is 4. The van der Waals surface area contributed by atoms with Crippen molar-refractivity contribution < 1.29 is 13.6 Å². The number of carbonyl (C=O) groups excluding carboxylic acids is 1. The van der Waals surface area contributed by atoms with E-state index in [1.165, 1.54) is 0 Å². The summed E-state index contributed by atoms with van der Waals surface area (Å²) in [4.78, 5) is 17.7. The average molecular weight is 333 g/mol. The monoisotopic (exact) mass is 333 g/mol. The first-order chi connectivity index (χ1) is 11.6. The van der Waals surface area contributed by atoms with E-state index >= 15 is 0 Å². The molecule has 0 aliphatic carbocycles. The molecule has 126 valence electrons. The Morgan fingerprint density at radius 3 is 2.92 bits per heavy atom. The van der Waals surface area contributed by atoms with Crippen molar-refractivity contribution in [1.29, 1.82) is 0 Å². The van der Waals surface area contributed by atoms with Crippen LogP contribution in [-0.2, 0) is 13.0 Å². The Morgan fingerprint density at radius 2 is 2.08 bits per heavy atom. The second-order valence-electron chi connectivity index (χ2n) is 6.30. The highest BCUT2D eigenvalue weighted by Gasteiger charge is 2.31. The van der Waals surface area contributed by atoms with E-state index in [2.05, 4.69) is 19.7 Å². The number of nitrogens with zero attached hydrogens (tertiary/aromatic N) is 5. The molecule has 2 aromatic rings. The predicted octanol–water partition coefficient (Wildman–Crippen LogP) is 1.92. The van der Waals surface area contributed by atoms with Gasteiger partial charge < -0.3 is 9.47 Å². The summed E-state index contributed by atoms with van der Waals surface area (Å²) >= 11 is 0. The molecule has 4 heterocycles. The van der Waals surface area contributed by atoms with E-state index in [1.807, 2.05) is 0 Å². The van der Waals surface area contributed by atoms with Crippen LogP contribution in [0.5, 0.6) is 0 Å². The van der Waals surface area contributed by atoms with Gasteiger partial charge in [0.15, 0.2) is 11.5 Å². The first kappa shape index (κ1) is 15.2. The van der Waals surface area contributed by atoms with Crippen LogP contribution in [0.3, 0.4) is 0 Å². The fraction of sp³-hybridized carbons (Fsp3) is 0.500. The lowest BCUT2D eigenvalue weighted by Crippen LogP contribution is -2.40. The zero-order valence-corrected chi connectivity index (χ0v) is 13.1. The molecule has 2 aliphatic heterocycles. The van der Waals surface area contributed by atoms with Crippen LogP contribution in [0.25, 0.3) is 0 Å². The van der Waals surface area contributed by atoms with Crippen LogP contribution < -0.4 is 0 Å². The molecule has 1 amide bonds. The lowest BCUT2D eigenvalue weighted by Gasteiger charge is -2.32. The van der Waals surface area contributed by atoms with Gasteiger partial charge in [0.25, 0.3) is 5.91 Å². The van der Waals surface area contributed by atoms with Gasteiger partial charge in [-0.15, -0.1) is 10.2 Å². The van der Waals surface area contributed by atoms with Crippen molar-refractivity contribution in [3.05, 3.63) is 41.2 Å². The third-order valence-electron chi connectivity index (χ3n) is 4.72. The number of hydrogen-bond acceptors (Lipinski definition) is 4. The van der Waals surface area contributed by atoms with Gasteiger partial charge in [-0.05, 0) is 19.3 Å². The molecule has 1 saturated heterocycles. The van der Waals surface area contributed by atoms with Crippen LogP contribution in [0.1, 0.15) is 47.3 Å². The third-order valence-corrected chi connectivity index (χ3v) is 4.72. The molecule has 4 rings (SSSR count). The summed E-state index contributed by atoms with van der Waals surface area (Å²) in [6, 6.07) is 0.688.